The maximum atomic E-state index is 13.1. The zero-order valence-corrected chi connectivity index (χ0v) is 19.3. The van der Waals surface area contributed by atoms with Crippen molar-refractivity contribution in [1.29, 1.82) is 0 Å². The summed E-state index contributed by atoms with van der Waals surface area (Å²) in [4.78, 5) is 12.7. The van der Waals surface area contributed by atoms with E-state index in [-0.39, 0.29) is 15.5 Å². The van der Waals surface area contributed by atoms with Gasteiger partial charge < -0.3 is 10.1 Å². The number of nitrogens with one attached hydrogen (secondary N) is 1. The quantitative estimate of drug-likeness (QED) is 0.515. The van der Waals surface area contributed by atoms with E-state index in [4.69, 9.17) is 27.9 Å². The smallest absolute Gasteiger partial charge is 0.264 e. The van der Waals surface area contributed by atoms with Crippen LogP contribution in [-0.2, 0) is 10.0 Å². The maximum absolute atomic E-state index is 13.1. The molecule has 0 saturated carbocycles. The van der Waals surface area contributed by atoms with Crippen LogP contribution in [0, 0.1) is 6.92 Å². The molecule has 0 radical (unpaired) electrons. The number of benzene rings is 3. The lowest BCUT2D eigenvalue weighted by Gasteiger charge is -2.20. The third kappa shape index (κ3) is 4.95. The first-order chi connectivity index (χ1) is 14.6. The predicted octanol–water partition coefficient (Wildman–Crippen LogP) is 5.39. The number of hydrogen-bond acceptors (Lipinski definition) is 4. The van der Waals surface area contributed by atoms with Crippen molar-refractivity contribution in [2.45, 2.75) is 11.8 Å². The van der Waals surface area contributed by atoms with E-state index >= 15 is 0 Å². The molecule has 3 rings (SSSR count). The Hall–Kier alpha value is -2.74. The predicted molar refractivity (Wildman–Crippen MR) is 124 cm³/mol. The highest BCUT2D eigenvalue weighted by molar-refractivity contribution is 7.92. The average molecular weight is 479 g/mol. The lowest BCUT2D eigenvalue weighted by Crippen LogP contribution is -2.27. The van der Waals surface area contributed by atoms with Crippen LogP contribution < -0.4 is 14.4 Å². The summed E-state index contributed by atoms with van der Waals surface area (Å²) in [5, 5.41) is 3.42. The number of aryl methyl sites for hydroxylation is 1. The minimum absolute atomic E-state index is 0.0419. The lowest BCUT2D eigenvalue weighted by atomic mass is 10.1. The van der Waals surface area contributed by atoms with Crippen molar-refractivity contribution < 1.29 is 17.9 Å². The van der Waals surface area contributed by atoms with Crippen LogP contribution in [0.4, 0.5) is 11.4 Å². The molecule has 3 aromatic carbocycles. The zero-order valence-electron chi connectivity index (χ0n) is 17.0. The van der Waals surface area contributed by atoms with Gasteiger partial charge in [0.05, 0.1) is 28.3 Å². The van der Waals surface area contributed by atoms with Crippen molar-refractivity contribution >= 4 is 50.5 Å². The number of ether oxygens (including phenoxy) is 1. The van der Waals surface area contributed by atoms with Gasteiger partial charge in [-0.25, -0.2) is 8.42 Å². The lowest BCUT2D eigenvalue weighted by molar-refractivity contribution is 0.102. The van der Waals surface area contributed by atoms with Gasteiger partial charge in [-0.1, -0.05) is 23.2 Å². The standard InChI is InChI=1S/C22H20Cl2N2O4S/c1-14-12-15(23)4-11-21(14)25-22(27)19-13-18(9-10-20(19)24)31(28,29)26(2)16-5-7-17(30-3)8-6-16/h4-13H,1-3H3,(H,25,27). The molecule has 1 amide bonds. The molecule has 3 aromatic rings. The summed E-state index contributed by atoms with van der Waals surface area (Å²) in [7, 11) is -0.972. The van der Waals surface area contributed by atoms with Crippen LogP contribution in [-0.4, -0.2) is 28.5 Å². The van der Waals surface area contributed by atoms with Crippen molar-refractivity contribution in [3.8, 4) is 5.75 Å². The normalized spacial score (nSPS) is 11.1. The summed E-state index contributed by atoms with van der Waals surface area (Å²) in [6.45, 7) is 1.80. The van der Waals surface area contributed by atoms with Gasteiger partial charge in [0, 0.05) is 17.8 Å². The minimum Gasteiger partial charge on any atom is -0.497 e. The third-order valence-electron chi connectivity index (χ3n) is 4.71. The topological polar surface area (TPSA) is 75.7 Å². The van der Waals surface area contributed by atoms with Crippen molar-refractivity contribution in [3.05, 3.63) is 81.8 Å². The van der Waals surface area contributed by atoms with E-state index in [9.17, 15) is 13.2 Å². The monoisotopic (exact) mass is 478 g/mol. The second kappa shape index (κ2) is 9.18. The molecule has 0 heterocycles. The zero-order chi connectivity index (χ0) is 22.8. The van der Waals surface area contributed by atoms with Crippen molar-refractivity contribution in [1.82, 2.24) is 0 Å². The molecule has 0 aliphatic heterocycles. The molecule has 0 aliphatic rings. The van der Waals surface area contributed by atoms with Crippen LogP contribution in [0.15, 0.2) is 65.6 Å². The Morgan fingerprint density at radius 3 is 2.29 bits per heavy atom. The van der Waals surface area contributed by atoms with Crippen LogP contribution in [0.25, 0.3) is 0 Å². The van der Waals surface area contributed by atoms with Gasteiger partial charge in [0.1, 0.15) is 5.75 Å². The minimum atomic E-state index is -3.93. The molecule has 0 bridgehead atoms. The van der Waals surface area contributed by atoms with E-state index in [2.05, 4.69) is 5.32 Å². The SMILES string of the molecule is COc1ccc(N(C)S(=O)(=O)c2ccc(Cl)c(C(=O)Nc3ccc(Cl)cc3C)c2)cc1. The molecule has 0 fully saturated rings. The van der Waals surface area contributed by atoms with Gasteiger partial charge in [0.25, 0.3) is 15.9 Å². The molecule has 1 N–H and O–H groups in total. The van der Waals surface area contributed by atoms with E-state index in [1.54, 1.807) is 49.4 Å². The summed E-state index contributed by atoms with van der Waals surface area (Å²) in [6.07, 6.45) is 0. The van der Waals surface area contributed by atoms with Crippen molar-refractivity contribution in [2.24, 2.45) is 0 Å². The number of amides is 1. The maximum Gasteiger partial charge on any atom is 0.264 e. The molecular weight excluding hydrogens is 459 g/mol. The Morgan fingerprint density at radius 1 is 1.00 bits per heavy atom. The Labute approximate surface area is 191 Å². The second-order valence-electron chi connectivity index (χ2n) is 6.73. The Balaban J connectivity index is 1.92. The Bertz CT molecular complexity index is 1230. The van der Waals surface area contributed by atoms with E-state index in [0.717, 1.165) is 9.87 Å². The molecule has 162 valence electrons. The van der Waals surface area contributed by atoms with Gasteiger partial charge in [0.15, 0.2) is 0 Å². The number of hydrogen-bond donors (Lipinski definition) is 1. The van der Waals surface area contributed by atoms with E-state index < -0.39 is 15.9 Å². The molecule has 0 atom stereocenters. The fourth-order valence-electron chi connectivity index (χ4n) is 2.88. The summed E-state index contributed by atoms with van der Waals surface area (Å²) < 4.78 is 32.5. The van der Waals surface area contributed by atoms with Gasteiger partial charge in [0.2, 0.25) is 0 Å². The van der Waals surface area contributed by atoms with Crippen LogP contribution in [0.3, 0.4) is 0 Å². The molecular formula is C22H20Cl2N2O4S. The molecule has 6 nitrogen and oxygen atoms in total. The van der Waals surface area contributed by atoms with E-state index in [0.29, 0.717) is 22.1 Å². The highest BCUT2D eigenvalue weighted by atomic mass is 35.5. The van der Waals surface area contributed by atoms with Crippen molar-refractivity contribution in [2.75, 3.05) is 23.8 Å². The highest BCUT2D eigenvalue weighted by Gasteiger charge is 2.24. The van der Waals surface area contributed by atoms with Gasteiger partial charge in [-0.3, -0.25) is 9.10 Å². The van der Waals surface area contributed by atoms with Crippen LogP contribution in [0.5, 0.6) is 5.75 Å². The summed E-state index contributed by atoms with van der Waals surface area (Å²) >= 11 is 12.1. The Kier molecular flexibility index (Phi) is 6.79. The number of halogens is 2. The number of sulfonamides is 1. The van der Waals surface area contributed by atoms with Gasteiger partial charge in [-0.15, -0.1) is 0 Å². The largest absolute Gasteiger partial charge is 0.497 e. The first-order valence-electron chi connectivity index (χ1n) is 9.13. The van der Waals surface area contributed by atoms with E-state index in [1.807, 2.05) is 0 Å². The molecule has 9 heteroatoms. The van der Waals surface area contributed by atoms with Crippen LogP contribution >= 0.6 is 23.2 Å². The fourth-order valence-corrected chi connectivity index (χ4v) is 4.54. The summed E-state index contributed by atoms with van der Waals surface area (Å²) in [5.74, 6) is 0.0806. The number of carbonyl (C=O) groups excluding carboxylic acids is 1. The van der Waals surface area contributed by atoms with Gasteiger partial charge in [-0.05, 0) is 73.2 Å². The Morgan fingerprint density at radius 2 is 1.68 bits per heavy atom. The first-order valence-corrected chi connectivity index (χ1v) is 11.3. The number of methoxy groups -OCH3 is 1. The highest BCUT2D eigenvalue weighted by Crippen LogP contribution is 2.28. The number of nitrogens with zero attached hydrogens (tertiary/aromatic N) is 1. The molecule has 0 aromatic heterocycles. The fraction of sp³-hybridized carbons (Fsp3) is 0.136. The van der Waals surface area contributed by atoms with Crippen LogP contribution in [0.2, 0.25) is 10.0 Å². The molecule has 0 aliphatic carbocycles. The number of carbonyl (C=O) groups is 1. The number of anilines is 2. The van der Waals surface area contributed by atoms with E-state index in [1.165, 1.54) is 32.4 Å². The summed E-state index contributed by atoms with van der Waals surface area (Å²) in [6, 6.07) is 15.6. The van der Waals surface area contributed by atoms with Gasteiger partial charge in [-0.2, -0.15) is 0 Å². The first kappa shape index (κ1) is 22.9. The average Bonchev–Trinajstić information content (AvgIpc) is 2.75. The molecule has 0 unspecified atom stereocenters. The molecule has 0 saturated heterocycles. The summed E-state index contributed by atoms with van der Waals surface area (Å²) in [5.41, 5.74) is 1.80. The second-order valence-corrected chi connectivity index (χ2v) is 9.54. The number of rotatable bonds is 6. The third-order valence-corrected chi connectivity index (χ3v) is 7.06. The van der Waals surface area contributed by atoms with Crippen molar-refractivity contribution in [3.63, 3.8) is 0 Å². The van der Waals surface area contributed by atoms with Gasteiger partial charge >= 0.3 is 0 Å². The molecule has 0 spiro atoms. The molecule has 31 heavy (non-hydrogen) atoms. The van der Waals surface area contributed by atoms with Crippen LogP contribution in [0.1, 0.15) is 15.9 Å².